The summed E-state index contributed by atoms with van der Waals surface area (Å²) in [5, 5.41) is 2.73. The normalized spacial score (nSPS) is 10.3. The van der Waals surface area contributed by atoms with Gasteiger partial charge in [-0.3, -0.25) is 9.59 Å². The second-order valence-corrected chi connectivity index (χ2v) is 5.88. The Bertz CT molecular complexity index is 764. The summed E-state index contributed by atoms with van der Waals surface area (Å²) in [6.07, 6.45) is 0.394. The number of nitrogens with zero attached hydrogens (tertiary/aromatic N) is 1. The summed E-state index contributed by atoms with van der Waals surface area (Å²) in [4.78, 5) is 25.5. The Morgan fingerprint density at radius 2 is 1.73 bits per heavy atom. The first-order valence-corrected chi connectivity index (χ1v) is 8.38. The highest BCUT2D eigenvalue weighted by atomic mass is 19.1. The molecule has 0 aliphatic rings. The fourth-order valence-electron chi connectivity index (χ4n) is 2.58. The molecular weight excluding hydrogens is 335 g/mol. The zero-order chi connectivity index (χ0) is 18.9. The monoisotopic (exact) mass is 358 g/mol. The van der Waals surface area contributed by atoms with Gasteiger partial charge in [-0.25, -0.2) is 4.39 Å². The maximum absolute atomic E-state index is 13.6. The Morgan fingerprint density at radius 3 is 2.38 bits per heavy atom. The lowest BCUT2D eigenvalue weighted by molar-refractivity contribution is -0.134. The number of ether oxygens (including phenoxy) is 1. The van der Waals surface area contributed by atoms with Crippen LogP contribution in [0.4, 0.5) is 4.39 Å². The third-order valence-corrected chi connectivity index (χ3v) is 4.01. The quantitative estimate of drug-likeness (QED) is 0.789. The standard InChI is InChI=1S/C20H23FN2O3/c1-15(24)23(13-17-8-4-6-10-19(17)26-2)14-20(25)22-12-11-16-7-3-5-9-18(16)21/h3-10H,11-14H2,1-2H3,(H,22,25). The molecule has 6 heteroatoms. The average Bonchev–Trinajstić information content (AvgIpc) is 2.63. The largest absolute Gasteiger partial charge is 0.496 e. The lowest BCUT2D eigenvalue weighted by Crippen LogP contribution is -2.40. The molecule has 2 rings (SSSR count). The lowest BCUT2D eigenvalue weighted by atomic mass is 10.1. The number of hydrogen-bond donors (Lipinski definition) is 1. The van der Waals surface area contributed by atoms with Crippen LogP contribution in [-0.2, 0) is 22.6 Å². The molecule has 0 saturated heterocycles. The molecule has 0 radical (unpaired) electrons. The first-order valence-electron chi connectivity index (χ1n) is 8.38. The van der Waals surface area contributed by atoms with Crippen LogP contribution in [0.25, 0.3) is 0 Å². The van der Waals surface area contributed by atoms with Gasteiger partial charge in [-0.15, -0.1) is 0 Å². The summed E-state index contributed by atoms with van der Waals surface area (Å²) in [6.45, 7) is 1.94. The third kappa shape index (κ3) is 5.58. The van der Waals surface area contributed by atoms with Crippen molar-refractivity contribution in [3.63, 3.8) is 0 Å². The van der Waals surface area contributed by atoms with Gasteiger partial charge in [0.2, 0.25) is 11.8 Å². The predicted molar refractivity (Wildman–Crippen MR) is 97.2 cm³/mol. The SMILES string of the molecule is COc1ccccc1CN(CC(=O)NCCc1ccccc1F)C(C)=O. The molecule has 0 heterocycles. The molecule has 0 aliphatic carbocycles. The van der Waals surface area contributed by atoms with Crippen molar-refractivity contribution in [1.29, 1.82) is 0 Å². The minimum atomic E-state index is -0.289. The molecule has 2 aromatic rings. The predicted octanol–water partition coefficient (Wildman–Crippen LogP) is 2.54. The molecule has 0 aromatic heterocycles. The molecule has 2 aromatic carbocycles. The van der Waals surface area contributed by atoms with Crippen LogP contribution >= 0.6 is 0 Å². The highest BCUT2D eigenvalue weighted by Crippen LogP contribution is 2.19. The fraction of sp³-hybridized carbons (Fsp3) is 0.300. The summed E-state index contributed by atoms with van der Waals surface area (Å²) < 4.78 is 18.8. The van der Waals surface area contributed by atoms with E-state index in [1.54, 1.807) is 25.3 Å². The van der Waals surface area contributed by atoms with E-state index in [1.807, 2.05) is 24.3 Å². The summed E-state index contributed by atoms with van der Waals surface area (Å²) >= 11 is 0. The van der Waals surface area contributed by atoms with Crippen molar-refractivity contribution >= 4 is 11.8 Å². The van der Waals surface area contributed by atoms with E-state index >= 15 is 0 Å². The molecule has 2 amide bonds. The molecule has 1 N–H and O–H groups in total. The van der Waals surface area contributed by atoms with Gasteiger partial charge in [0.1, 0.15) is 11.6 Å². The maximum Gasteiger partial charge on any atom is 0.239 e. The maximum atomic E-state index is 13.6. The van der Waals surface area contributed by atoms with Crippen molar-refractivity contribution in [2.24, 2.45) is 0 Å². The van der Waals surface area contributed by atoms with Crippen LogP contribution in [0.15, 0.2) is 48.5 Å². The van der Waals surface area contributed by atoms with Crippen LogP contribution in [0.1, 0.15) is 18.1 Å². The first-order chi connectivity index (χ1) is 12.5. The van der Waals surface area contributed by atoms with Gasteiger partial charge in [-0.1, -0.05) is 36.4 Å². The number of nitrogens with one attached hydrogen (secondary N) is 1. The van der Waals surface area contributed by atoms with Crippen LogP contribution in [0.2, 0.25) is 0 Å². The highest BCUT2D eigenvalue weighted by molar-refractivity contribution is 5.83. The number of amides is 2. The van der Waals surface area contributed by atoms with Crippen molar-refractivity contribution in [2.75, 3.05) is 20.2 Å². The van der Waals surface area contributed by atoms with Crippen molar-refractivity contribution < 1.29 is 18.7 Å². The van der Waals surface area contributed by atoms with E-state index < -0.39 is 0 Å². The second-order valence-electron chi connectivity index (χ2n) is 5.88. The van der Waals surface area contributed by atoms with Crippen LogP contribution < -0.4 is 10.1 Å². The van der Waals surface area contributed by atoms with Crippen molar-refractivity contribution in [3.05, 3.63) is 65.5 Å². The molecule has 0 saturated carbocycles. The zero-order valence-electron chi connectivity index (χ0n) is 15.0. The minimum absolute atomic E-state index is 0.0648. The molecule has 138 valence electrons. The van der Waals surface area contributed by atoms with Gasteiger partial charge in [0.25, 0.3) is 0 Å². The summed E-state index contributed by atoms with van der Waals surface area (Å²) in [7, 11) is 1.56. The van der Waals surface area contributed by atoms with Gasteiger partial charge in [0.15, 0.2) is 0 Å². The zero-order valence-corrected chi connectivity index (χ0v) is 15.0. The van der Waals surface area contributed by atoms with Gasteiger partial charge >= 0.3 is 0 Å². The Labute approximate surface area is 152 Å². The van der Waals surface area contributed by atoms with Crippen LogP contribution in [-0.4, -0.2) is 36.9 Å². The molecule has 0 aliphatic heterocycles. The molecule has 5 nitrogen and oxygen atoms in total. The van der Waals surface area contributed by atoms with E-state index in [0.29, 0.717) is 24.3 Å². The van der Waals surface area contributed by atoms with Gasteiger partial charge in [0.05, 0.1) is 13.7 Å². The van der Waals surface area contributed by atoms with Crippen molar-refractivity contribution in [1.82, 2.24) is 10.2 Å². The summed E-state index contributed by atoms with van der Waals surface area (Å²) in [5.74, 6) is -0.117. The number of para-hydroxylation sites is 1. The number of carbonyl (C=O) groups excluding carboxylic acids is 2. The van der Waals surface area contributed by atoms with E-state index in [1.165, 1.54) is 17.9 Å². The Hall–Kier alpha value is -2.89. The van der Waals surface area contributed by atoms with E-state index in [2.05, 4.69) is 5.32 Å². The van der Waals surface area contributed by atoms with Gasteiger partial charge in [0, 0.05) is 25.6 Å². The number of hydrogen-bond acceptors (Lipinski definition) is 3. The third-order valence-electron chi connectivity index (χ3n) is 4.01. The molecule has 0 spiro atoms. The van der Waals surface area contributed by atoms with Crippen LogP contribution in [0.3, 0.4) is 0 Å². The van der Waals surface area contributed by atoms with Gasteiger partial charge in [-0.05, 0) is 24.1 Å². The van der Waals surface area contributed by atoms with Crippen molar-refractivity contribution in [2.45, 2.75) is 19.9 Å². The van der Waals surface area contributed by atoms with E-state index in [-0.39, 0.29) is 30.7 Å². The fourth-order valence-corrected chi connectivity index (χ4v) is 2.58. The topological polar surface area (TPSA) is 58.6 Å². The van der Waals surface area contributed by atoms with Crippen LogP contribution in [0, 0.1) is 5.82 Å². The molecule has 0 fully saturated rings. The van der Waals surface area contributed by atoms with E-state index in [9.17, 15) is 14.0 Å². The number of carbonyl (C=O) groups is 2. The number of benzene rings is 2. The Morgan fingerprint density at radius 1 is 1.08 bits per heavy atom. The molecule has 0 bridgehead atoms. The highest BCUT2D eigenvalue weighted by Gasteiger charge is 2.16. The van der Waals surface area contributed by atoms with Gasteiger partial charge < -0.3 is 15.0 Å². The molecule has 0 unspecified atom stereocenters. The summed E-state index contributed by atoms with van der Waals surface area (Å²) in [5.41, 5.74) is 1.37. The average molecular weight is 358 g/mol. The van der Waals surface area contributed by atoms with E-state index in [4.69, 9.17) is 4.74 Å². The smallest absolute Gasteiger partial charge is 0.239 e. The minimum Gasteiger partial charge on any atom is -0.496 e. The second kappa shape index (κ2) is 9.56. The van der Waals surface area contributed by atoms with E-state index in [0.717, 1.165) is 5.56 Å². The summed E-state index contributed by atoms with van der Waals surface area (Å²) in [6, 6.07) is 13.8. The molecular formula is C20H23FN2O3. The Kier molecular flexibility index (Phi) is 7.14. The lowest BCUT2D eigenvalue weighted by Gasteiger charge is -2.21. The first kappa shape index (κ1) is 19.4. The number of halogens is 1. The number of methoxy groups -OCH3 is 1. The molecule has 26 heavy (non-hydrogen) atoms. The van der Waals surface area contributed by atoms with Crippen LogP contribution in [0.5, 0.6) is 5.75 Å². The van der Waals surface area contributed by atoms with Gasteiger partial charge in [-0.2, -0.15) is 0 Å². The van der Waals surface area contributed by atoms with Crippen molar-refractivity contribution in [3.8, 4) is 5.75 Å². The molecule has 0 atom stereocenters. The Balaban J connectivity index is 1.89. The number of rotatable bonds is 8.